The molecule has 2 amide bonds. The summed E-state index contributed by atoms with van der Waals surface area (Å²) in [5, 5.41) is 5.87. The molecule has 8 heteroatoms. The predicted octanol–water partition coefficient (Wildman–Crippen LogP) is 4.11. The number of benzene rings is 3. The van der Waals surface area contributed by atoms with E-state index < -0.39 is 30.4 Å². The summed E-state index contributed by atoms with van der Waals surface area (Å²) in [7, 11) is 1.60. The molecule has 7 nitrogen and oxygen atoms in total. The SMILES string of the molecule is COc1ccc(CCNC(=O)COC(=O)C[C@@H](NC(=O)c2ccccc2Cl)c2ccccc2)cc1. The van der Waals surface area contributed by atoms with Crippen molar-refractivity contribution in [2.45, 2.75) is 18.9 Å². The van der Waals surface area contributed by atoms with Crippen molar-refractivity contribution in [3.8, 4) is 5.75 Å². The van der Waals surface area contributed by atoms with Crippen LogP contribution in [0.15, 0.2) is 78.9 Å². The summed E-state index contributed by atoms with van der Waals surface area (Å²) in [6, 6.07) is 22.6. The van der Waals surface area contributed by atoms with E-state index in [1.54, 1.807) is 43.5 Å². The second kappa shape index (κ2) is 13.2. The van der Waals surface area contributed by atoms with Gasteiger partial charge in [0.25, 0.3) is 11.8 Å². The number of carbonyl (C=O) groups excluding carboxylic acids is 3. The average Bonchev–Trinajstić information content (AvgIpc) is 2.88. The van der Waals surface area contributed by atoms with Crippen LogP contribution in [0.3, 0.4) is 0 Å². The first-order valence-electron chi connectivity index (χ1n) is 11.1. The number of halogens is 1. The van der Waals surface area contributed by atoms with E-state index in [-0.39, 0.29) is 6.42 Å². The molecule has 3 aromatic rings. The molecule has 0 spiro atoms. The number of carbonyl (C=O) groups is 3. The highest BCUT2D eigenvalue weighted by Gasteiger charge is 2.21. The first-order chi connectivity index (χ1) is 17.0. The molecule has 0 saturated carbocycles. The Bertz CT molecular complexity index is 1140. The van der Waals surface area contributed by atoms with Gasteiger partial charge < -0.3 is 20.1 Å². The third-order valence-electron chi connectivity index (χ3n) is 5.26. The van der Waals surface area contributed by atoms with Gasteiger partial charge in [0.15, 0.2) is 6.61 Å². The van der Waals surface area contributed by atoms with E-state index in [2.05, 4.69) is 10.6 Å². The van der Waals surface area contributed by atoms with Crippen LogP contribution in [0.2, 0.25) is 5.02 Å². The summed E-state index contributed by atoms with van der Waals surface area (Å²) in [5.41, 5.74) is 2.08. The van der Waals surface area contributed by atoms with Crippen LogP contribution in [-0.4, -0.2) is 38.0 Å². The first kappa shape index (κ1) is 25.8. The summed E-state index contributed by atoms with van der Waals surface area (Å²) in [6.45, 7) is 0.00462. The lowest BCUT2D eigenvalue weighted by Gasteiger charge is -2.19. The second-order valence-corrected chi connectivity index (χ2v) is 8.14. The normalized spacial score (nSPS) is 11.3. The molecule has 0 heterocycles. The Kier molecular flexibility index (Phi) is 9.69. The van der Waals surface area contributed by atoms with Crippen molar-refractivity contribution < 1.29 is 23.9 Å². The van der Waals surface area contributed by atoms with Crippen molar-refractivity contribution in [3.63, 3.8) is 0 Å². The molecule has 1 atom stereocenters. The van der Waals surface area contributed by atoms with Gasteiger partial charge in [-0.3, -0.25) is 14.4 Å². The third-order valence-corrected chi connectivity index (χ3v) is 5.59. The molecule has 0 aliphatic heterocycles. The van der Waals surface area contributed by atoms with Crippen LogP contribution in [0.4, 0.5) is 0 Å². The Hall–Kier alpha value is -3.84. The van der Waals surface area contributed by atoms with Gasteiger partial charge in [-0.1, -0.05) is 66.2 Å². The fraction of sp³-hybridized carbons (Fsp3) is 0.222. The minimum Gasteiger partial charge on any atom is -0.497 e. The maximum atomic E-state index is 12.7. The standard InChI is InChI=1S/C27H27ClN2O5/c1-34-21-13-11-19(12-14-21)15-16-29-25(31)18-35-26(32)17-24(20-7-3-2-4-8-20)30-27(33)22-9-5-6-10-23(22)28/h2-14,24H,15-18H2,1H3,(H,29,31)(H,30,33)/t24-/m1/s1. The monoisotopic (exact) mass is 494 g/mol. The lowest BCUT2D eigenvalue weighted by Crippen LogP contribution is -2.33. The second-order valence-electron chi connectivity index (χ2n) is 7.73. The predicted molar refractivity (Wildman–Crippen MR) is 133 cm³/mol. The summed E-state index contributed by atoms with van der Waals surface area (Å²) < 4.78 is 10.3. The number of ether oxygens (including phenoxy) is 2. The third kappa shape index (κ3) is 8.15. The van der Waals surface area contributed by atoms with Gasteiger partial charge in [-0.05, 0) is 41.8 Å². The maximum Gasteiger partial charge on any atom is 0.308 e. The molecule has 0 bridgehead atoms. The van der Waals surface area contributed by atoms with Crippen molar-refractivity contribution in [2.24, 2.45) is 0 Å². The number of esters is 1. The number of methoxy groups -OCH3 is 1. The summed E-state index contributed by atoms with van der Waals surface area (Å²) >= 11 is 6.13. The van der Waals surface area contributed by atoms with Gasteiger partial charge in [0, 0.05) is 6.54 Å². The zero-order chi connectivity index (χ0) is 25.0. The van der Waals surface area contributed by atoms with E-state index in [4.69, 9.17) is 21.1 Å². The molecule has 2 N–H and O–H groups in total. The zero-order valence-corrected chi connectivity index (χ0v) is 20.1. The number of hydrogen-bond acceptors (Lipinski definition) is 5. The van der Waals surface area contributed by atoms with Crippen molar-refractivity contribution in [2.75, 3.05) is 20.3 Å². The summed E-state index contributed by atoms with van der Waals surface area (Å²) in [4.78, 5) is 37.3. The zero-order valence-electron chi connectivity index (χ0n) is 19.3. The van der Waals surface area contributed by atoms with Crippen molar-refractivity contribution in [1.82, 2.24) is 10.6 Å². The Morgan fingerprint density at radius 1 is 0.914 bits per heavy atom. The van der Waals surface area contributed by atoms with Gasteiger partial charge in [-0.25, -0.2) is 0 Å². The van der Waals surface area contributed by atoms with Gasteiger partial charge in [0.2, 0.25) is 0 Å². The van der Waals surface area contributed by atoms with Crippen LogP contribution in [0.25, 0.3) is 0 Å². The van der Waals surface area contributed by atoms with Gasteiger partial charge in [0.1, 0.15) is 5.75 Å². The molecule has 0 aromatic heterocycles. The van der Waals surface area contributed by atoms with E-state index in [0.29, 0.717) is 23.6 Å². The molecule has 3 aromatic carbocycles. The number of amides is 2. The lowest BCUT2D eigenvalue weighted by molar-refractivity contribution is -0.149. The quantitative estimate of drug-likeness (QED) is 0.391. The largest absolute Gasteiger partial charge is 0.497 e. The minimum atomic E-state index is -0.648. The molecule has 0 saturated heterocycles. The topological polar surface area (TPSA) is 93.7 Å². The Morgan fingerprint density at radius 2 is 1.60 bits per heavy atom. The molecule has 0 aliphatic carbocycles. The van der Waals surface area contributed by atoms with Crippen LogP contribution in [0.1, 0.15) is 33.9 Å². The number of hydrogen-bond donors (Lipinski definition) is 2. The van der Waals surface area contributed by atoms with Crippen LogP contribution < -0.4 is 15.4 Å². The van der Waals surface area contributed by atoms with E-state index >= 15 is 0 Å². The van der Waals surface area contributed by atoms with Crippen molar-refractivity contribution in [1.29, 1.82) is 0 Å². The van der Waals surface area contributed by atoms with Gasteiger partial charge >= 0.3 is 5.97 Å². The van der Waals surface area contributed by atoms with Gasteiger partial charge in [0.05, 0.1) is 30.2 Å². The minimum absolute atomic E-state index is 0.140. The smallest absolute Gasteiger partial charge is 0.308 e. The average molecular weight is 495 g/mol. The molecule has 0 aliphatic rings. The Morgan fingerprint density at radius 3 is 2.29 bits per heavy atom. The molecule has 0 fully saturated rings. The van der Waals surface area contributed by atoms with Gasteiger partial charge in [-0.15, -0.1) is 0 Å². The molecule has 182 valence electrons. The molecule has 0 unspecified atom stereocenters. The van der Waals surface area contributed by atoms with Crippen LogP contribution >= 0.6 is 11.6 Å². The van der Waals surface area contributed by atoms with Crippen molar-refractivity contribution in [3.05, 3.63) is 101 Å². The molecule has 3 rings (SSSR count). The van der Waals surface area contributed by atoms with E-state index in [9.17, 15) is 14.4 Å². The van der Waals surface area contributed by atoms with Crippen LogP contribution in [-0.2, 0) is 20.7 Å². The summed E-state index contributed by atoms with van der Waals surface area (Å²) in [5.74, 6) is -0.651. The molecule has 35 heavy (non-hydrogen) atoms. The van der Waals surface area contributed by atoms with Crippen LogP contribution in [0.5, 0.6) is 5.75 Å². The Labute approximate surface area is 209 Å². The fourth-order valence-electron chi connectivity index (χ4n) is 3.38. The highest BCUT2D eigenvalue weighted by Crippen LogP contribution is 2.20. The van der Waals surface area contributed by atoms with Crippen LogP contribution in [0, 0.1) is 0 Å². The Balaban J connectivity index is 1.50. The van der Waals surface area contributed by atoms with E-state index in [1.165, 1.54) is 0 Å². The first-order valence-corrected chi connectivity index (χ1v) is 11.5. The molecule has 0 radical (unpaired) electrons. The number of rotatable bonds is 11. The molecular weight excluding hydrogens is 468 g/mol. The lowest BCUT2D eigenvalue weighted by atomic mass is 10.0. The fourth-order valence-corrected chi connectivity index (χ4v) is 3.60. The van der Waals surface area contributed by atoms with Crippen molar-refractivity contribution >= 4 is 29.4 Å². The van der Waals surface area contributed by atoms with E-state index in [1.807, 2.05) is 42.5 Å². The van der Waals surface area contributed by atoms with Gasteiger partial charge in [-0.2, -0.15) is 0 Å². The summed E-state index contributed by atoms with van der Waals surface area (Å²) in [6.07, 6.45) is 0.493. The highest BCUT2D eigenvalue weighted by molar-refractivity contribution is 6.33. The highest BCUT2D eigenvalue weighted by atomic mass is 35.5. The molecular formula is C27H27ClN2O5. The maximum absolute atomic E-state index is 12.7. The van der Waals surface area contributed by atoms with E-state index in [0.717, 1.165) is 16.9 Å². The number of nitrogens with one attached hydrogen (secondary N) is 2.